The van der Waals surface area contributed by atoms with Crippen molar-refractivity contribution in [1.82, 2.24) is 9.88 Å². The molecule has 2 aromatic heterocycles. The molecule has 0 saturated carbocycles. The smallest absolute Gasteiger partial charge is 0.343 e. The first-order chi connectivity index (χ1) is 11.0. The summed E-state index contributed by atoms with van der Waals surface area (Å²) in [7, 11) is 0. The van der Waals surface area contributed by atoms with Crippen LogP contribution in [0.3, 0.4) is 0 Å². The number of ether oxygens (including phenoxy) is 1. The van der Waals surface area contributed by atoms with Gasteiger partial charge in [-0.2, -0.15) is 5.26 Å². The zero-order valence-corrected chi connectivity index (χ0v) is 13.1. The summed E-state index contributed by atoms with van der Waals surface area (Å²) in [6.45, 7) is 5.24. The number of carbonyl (C=O) groups is 2. The second-order valence-electron chi connectivity index (χ2n) is 4.86. The molecular weight excluding hydrogens is 298 g/mol. The van der Waals surface area contributed by atoms with Crippen LogP contribution in [0.15, 0.2) is 28.9 Å². The lowest BCUT2D eigenvalue weighted by molar-refractivity contribution is -0.128. The highest BCUT2D eigenvalue weighted by Gasteiger charge is 2.28. The summed E-state index contributed by atoms with van der Waals surface area (Å²) < 4.78 is 12.3. The molecule has 0 aliphatic carbocycles. The van der Waals surface area contributed by atoms with Crippen LogP contribution in [0, 0.1) is 18.3 Å². The normalized spacial score (nSPS) is 11.6. The first kappa shape index (κ1) is 16.4. The Hall–Kier alpha value is -3.01. The standard InChI is InChI=1S/C16H17N3O4/c1-4-18-14(20)11(3)23-16(21)13-10(2)22-15(12(13)9-17)19-7-5-6-8-19/h5-8,11H,4H2,1-3H3,(H,18,20)/t11-/m1/s1. The van der Waals surface area contributed by atoms with E-state index in [2.05, 4.69) is 5.32 Å². The van der Waals surface area contributed by atoms with Gasteiger partial charge < -0.3 is 14.5 Å². The maximum atomic E-state index is 12.3. The Labute approximate surface area is 133 Å². The molecule has 0 radical (unpaired) electrons. The third kappa shape index (κ3) is 3.26. The van der Waals surface area contributed by atoms with Gasteiger partial charge in [0.05, 0.1) is 0 Å². The lowest BCUT2D eigenvalue weighted by Crippen LogP contribution is -2.35. The fourth-order valence-corrected chi connectivity index (χ4v) is 2.12. The van der Waals surface area contributed by atoms with Gasteiger partial charge in [-0.25, -0.2) is 4.79 Å². The minimum absolute atomic E-state index is 0.0346. The molecule has 2 rings (SSSR count). The molecule has 2 aromatic rings. The minimum Gasteiger partial charge on any atom is -0.449 e. The number of likely N-dealkylation sites (N-methyl/N-ethyl adjacent to an activating group) is 1. The van der Waals surface area contributed by atoms with Gasteiger partial charge in [-0.15, -0.1) is 0 Å². The fraction of sp³-hybridized carbons (Fsp3) is 0.312. The number of rotatable bonds is 5. The first-order valence-electron chi connectivity index (χ1n) is 7.15. The largest absolute Gasteiger partial charge is 0.449 e. The second-order valence-corrected chi connectivity index (χ2v) is 4.86. The SMILES string of the molecule is CCNC(=O)[C@@H](C)OC(=O)c1c(C)oc(-n2cccc2)c1C#N. The molecule has 7 nitrogen and oxygen atoms in total. The zero-order valence-electron chi connectivity index (χ0n) is 13.1. The highest BCUT2D eigenvalue weighted by molar-refractivity contribution is 5.96. The van der Waals surface area contributed by atoms with Crippen molar-refractivity contribution < 1.29 is 18.7 Å². The van der Waals surface area contributed by atoms with Crippen molar-refractivity contribution in [2.75, 3.05) is 6.54 Å². The molecule has 2 heterocycles. The van der Waals surface area contributed by atoms with Crippen molar-refractivity contribution in [2.24, 2.45) is 0 Å². The number of hydrogen-bond donors (Lipinski definition) is 1. The Balaban J connectivity index is 2.31. The van der Waals surface area contributed by atoms with Gasteiger partial charge in [-0.05, 0) is 32.9 Å². The Morgan fingerprint density at radius 3 is 2.65 bits per heavy atom. The number of nitriles is 1. The molecule has 0 aliphatic heterocycles. The molecule has 1 N–H and O–H groups in total. The first-order valence-corrected chi connectivity index (χ1v) is 7.15. The summed E-state index contributed by atoms with van der Waals surface area (Å²) in [5, 5.41) is 11.9. The van der Waals surface area contributed by atoms with Gasteiger partial charge in [0.15, 0.2) is 6.10 Å². The Morgan fingerprint density at radius 2 is 2.09 bits per heavy atom. The summed E-state index contributed by atoms with van der Waals surface area (Å²) in [6.07, 6.45) is 2.44. The minimum atomic E-state index is -0.960. The Morgan fingerprint density at radius 1 is 1.43 bits per heavy atom. The van der Waals surface area contributed by atoms with E-state index in [0.717, 1.165) is 0 Å². The highest BCUT2D eigenvalue weighted by Crippen LogP contribution is 2.26. The van der Waals surface area contributed by atoms with Crippen molar-refractivity contribution in [3.8, 4) is 12.0 Å². The molecule has 0 fully saturated rings. The predicted octanol–water partition coefficient (Wildman–Crippen LogP) is 1.93. The number of nitrogens with zero attached hydrogens (tertiary/aromatic N) is 2. The van der Waals surface area contributed by atoms with E-state index in [0.29, 0.717) is 6.54 Å². The molecule has 23 heavy (non-hydrogen) atoms. The number of hydrogen-bond acceptors (Lipinski definition) is 5. The molecule has 1 atom stereocenters. The summed E-state index contributed by atoms with van der Waals surface area (Å²) in [4.78, 5) is 24.0. The van der Waals surface area contributed by atoms with Gasteiger partial charge >= 0.3 is 5.97 Å². The maximum absolute atomic E-state index is 12.3. The van der Waals surface area contributed by atoms with Gasteiger partial charge in [0, 0.05) is 18.9 Å². The van der Waals surface area contributed by atoms with E-state index in [1.54, 1.807) is 42.9 Å². The number of furan rings is 1. The monoisotopic (exact) mass is 315 g/mol. The van der Waals surface area contributed by atoms with Crippen LogP contribution in [0.1, 0.15) is 35.5 Å². The van der Waals surface area contributed by atoms with Crippen molar-refractivity contribution >= 4 is 11.9 Å². The third-order valence-corrected chi connectivity index (χ3v) is 3.22. The van der Waals surface area contributed by atoms with Crippen LogP contribution in [-0.2, 0) is 9.53 Å². The lowest BCUT2D eigenvalue weighted by atomic mass is 10.1. The van der Waals surface area contributed by atoms with Crippen LogP contribution in [0.2, 0.25) is 0 Å². The average molecular weight is 315 g/mol. The van der Waals surface area contributed by atoms with E-state index in [-0.39, 0.29) is 22.8 Å². The fourth-order valence-electron chi connectivity index (χ4n) is 2.12. The summed E-state index contributed by atoms with van der Waals surface area (Å²) in [6, 6.07) is 5.51. The van der Waals surface area contributed by atoms with Gasteiger partial charge in [0.25, 0.3) is 5.91 Å². The number of carbonyl (C=O) groups excluding carboxylic acids is 2. The van der Waals surface area contributed by atoms with E-state index in [1.165, 1.54) is 6.92 Å². The maximum Gasteiger partial charge on any atom is 0.343 e. The van der Waals surface area contributed by atoms with Crippen molar-refractivity contribution in [3.63, 3.8) is 0 Å². The molecule has 0 aliphatic rings. The van der Waals surface area contributed by atoms with Crippen LogP contribution in [-0.4, -0.2) is 29.1 Å². The molecular formula is C16H17N3O4. The van der Waals surface area contributed by atoms with Crippen LogP contribution in [0.4, 0.5) is 0 Å². The van der Waals surface area contributed by atoms with Crippen LogP contribution in [0.5, 0.6) is 0 Å². The van der Waals surface area contributed by atoms with Crippen LogP contribution < -0.4 is 5.32 Å². The van der Waals surface area contributed by atoms with E-state index in [9.17, 15) is 14.9 Å². The summed E-state index contributed by atoms with van der Waals surface area (Å²) in [5.41, 5.74) is 0.110. The van der Waals surface area contributed by atoms with Gasteiger partial charge in [-0.1, -0.05) is 0 Å². The summed E-state index contributed by atoms with van der Waals surface area (Å²) >= 11 is 0. The number of aryl methyl sites for hydroxylation is 1. The predicted molar refractivity (Wildman–Crippen MR) is 81.0 cm³/mol. The summed E-state index contributed by atoms with van der Waals surface area (Å²) in [5.74, 6) is -0.655. The molecule has 0 unspecified atom stereocenters. The Kier molecular flexibility index (Phi) is 4.86. The molecule has 1 amide bonds. The van der Waals surface area contributed by atoms with Crippen LogP contribution >= 0.6 is 0 Å². The molecule has 0 spiro atoms. The highest BCUT2D eigenvalue weighted by atomic mass is 16.5. The van der Waals surface area contributed by atoms with Crippen LogP contribution in [0.25, 0.3) is 5.88 Å². The van der Waals surface area contributed by atoms with E-state index < -0.39 is 18.0 Å². The average Bonchev–Trinajstić information content (AvgIpc) is 3.13. The number of amides is 1. The number of nitrogens with one attached hydrogen (secondary N) is 1. The van der Waals surface area contributed by atoms with Gasteiger partial charge in [-0.3, -0.25) is 9.36 Å². The molecule has 0 bridgehead atoms. The lowest BCUT2D eigenvalue weighted by Gasteiger charge is -2.12. The topological polar surface area (TPSA) is 97.3 Å². The molecule has 120 valence electrons. The third-order valence-electron chi connectivity index (χ3n) is 3.22. The van der Waals surface area contributed by atoms with Crippen molar-refractivity contribution in [2.45, 2.75) is 26.9 Å². The van der Waals surface area contributed by atoms with E-state index >= 15 is 0 Å². The number of esters is 1. The molecule has 0 saturated heterocycles. The van der Waals surface area contributed by atoms with E-state index in [1.807, 2.05) is 6.07 Å². The van der Waals surface area contributed by atoms with E-state index in [4.69, 9.17) is 9.15 Å². The van der Waals surface area contributed by atoms with Crippen molar-refractivity contribution in [3.05, 3.63) is 41.4 Å². The zero-order chi connectivity index (χ0) is 17.0. The molecule has 0 aromatic carbocycles. The quantitative estimate of drug-likeness (QED) is 0.850. The van der Waals surface area contributed by atoms with Crippen molar-refractivity contribution in [1.29, 1.82) is 5.26 Å². The number of aromatic nitrogens is 1. The Bertz CT molecular complexity index is 753. The van der Waals surface area contributed by atoms with Gasteiger partial charge in [0.1, 0.15) is 23.0 Å². The second kappa shape index (κ2) is 6.83. The molecule has 7 heteroatoms. The van der Waals surface area contributed by atoms with Gasteiger partial charge in [0.2, 0.25) is 5.88 Å².